The Morgan fingerprint density at radius 1 is 1.02 bits per heavy atom. The van der Waals surface area contributed by atoms with E-state index in [1.54, 1.807) is 54.4 Å². The molecule has 3 aromatic rings. The third-order valence-electron chi connectivity index (χ3n) is 11.7. The van der Waals surface area contributed by atoms with Gasteiger partial charge in [0.2, 0.25) is 12.6 Å². The average molecular weight is 785 g/mol. The lowest BCUT2D eigenvalue weighted by atomic mass is 9.55. The minimum atomic E-state index is -1.40. The van der Waals surface area contributed by atoms with Crippen LogP contribution >= 0.6 is 0 Å². The number of oxime groups is 1. The maximum absolute atomic E-state index is 14.7. The Morgan fingerprint density at radius 2 is 1.79 bits per heavy atom. The van der Waals surface area contributed by atoms with E-state index in [0.29, 0.717) is 59.3 Å². The van der Waals surface area contributed by atoms with Crippen LogP contribution in [-0.2, 0) is 16.2 Å². The van der Waals surface area contributed by atoms with Crippen LogP contribution in [0.25, 0.3) is 0 Å². The highest BCUT2D eigenvalue weighted by atomic mass is 19.1. The molecule has 1 amide bonds. The first-order chi connectivity index (χ1) is 27.8. The van der Waals surface area contributed by atoms with Crippen molar-refractivity contribution in [3.63, 3.8) is 0 Å². The Labute approximate surface area is 333 Å². The molecule has 6 atom stereocenters. The second-order valence-electron chi connectivity index (χ2n) is 15.1. The lowest BCUT2D eigenvalue weighted by Gasteiger charge is -2.59. The fourth-order valence-electron chi connectivity index (χ4n) is 9.11. The second-order valence-corrected chi connectivity index (χ2v) is 15.1. The number of nitrogens with zero attached hydrogens (tertiary/aromatic N) is 2. The molecule has 11 nitrogen and oxygen atoms in total. The Hall–Kier alpha value is -4.91. The van der Waals surface area contributed by atoms with Gasteiger partial charge in [0.25, 0.3) is 5.91 Å². The quantitative estimate of drug-likeness (QED) is 0.0763. The molecule has 6 unspecified atom stereocenters. The van der Waals surface area contributed by atoms with Crippen molar-refractivity contribution >= 4 is 11.6 Å². The van der Waals surface area contributed by atoms with Crippen molar-refractivity contribution in [3.8, 4) is 23.0 Å². The Kier molecular flexibility index (Phi) is 12.8. The molecule has 0 saturated heterocycles. The van der Waals surface area contributed by atoms with Crippen LogP contribution in [0.3, 0.4) is 0 Å². The van der Waals surface area contributed by atoms with Crippen molar-refractivity contribution in [2.75, 3.05) is 40.3 Å². The number of hydrogen-bond acceptors (Lipinski definition) is 10. The summed E-state index contributed by atoms with van der Waals surface area (Å²) in [5, 5.41) is 24.4. The topological polar surface area (TPSA) is 129 Å². The number of rotatable bonds is 18. The molecule has 7 rings (SSSR count). The van der Waals surface area contributed by atoms with Crippen LogP contribution in [0.2, 0.25) is 0 Å². The molecular weight excluding hydrogens is 731 g/mol. The highest BCUT2D eigenvalue weighted by molar-refractivity contribution is 6.03. The van der Waals surface area contributed by atoms with E-state index in [4.69, 9.17) is 33.7 Å². The van der Waals surface area contributed by atoms with Gasteiger partial charge < -0.3 is 43.6 Å². The number of unbranched alkanes of at least 4 members (excludes halogenated alkanes) is 2. The molecule has 4 aliphatic rings. The number of hydrogen-bond donors (Lipinski definition) is 2. The van der Waals surface area contributed by atoms with Gasteiger partial charge in [-0.15, -0.1) is 6.58 Å². The predicted octanol–water partition coefficient (Wildman–Crippen LogP) is 7.56. The van der Waals surface area contributed by atoms with Gasteiger partial charge in [-0.2, -0.15) is 0 Å². The first-order valence-corrected chi connectivity index (χ1v) is 20.1. The van der Waals surface area contributed by atoms with Gasteiger partial charge in [-0.05, 0) is 92.5 Å². The molecule has 304 valence electrons. The maximum atomic E-state index is 14.7. The van der Waals surface area contributed by atoms with Crippen molar-refractivity contribution in [1.29, 1.82) is 0 Å². The fraction of sp³-hybridized carbons (Fsp3) is 0.467. The molecule has 2 N–H and O–H groups in total. The number of ether oxygens (including phenoxy) is 5. The van der Waals surface area contributed by atoms with Crippen molar-refractivity contribution in [1.82, 2.24) is 4.90 Å². The fourth-order valence-corrected chi connectivity index (χ4v) is 9.11. The van der Waals surface area contributed by atoms with Crippen LogP contribution in [-0.4, -0.2) is 78.8 Å². The third kappa shape index (κ3) is 8.13. The largest absolute Gasteiger partial charge is 0.489 e. The molecule has 57 heavy (non-hydrogen) atoms. The lowest BCUT2D eigenvalue weighted by Crippen LogP contribution is -2.69. The van der Waals surface area contributed by atoms with Gasteiger partial charge in [-0.25, -0.2) is 4.39 Å². The van der Waals surface area contributed by atoms with E-state index in [9.17, 15) is 19.4 Å². The summed E-state index contributed by atoms with van der Waals surface area (Å²) < 4.78 is 46.2. The van der Waals surface area contributed by atoms with E-state index >= 15 is 0 Å². The summed E-state index contributed by atoms with van der Waals surface area (Å²) in [6.07, 6.45) is 8.80. The average Bonchev–Trinajstić information content (AvgIpc) is 3.71. The number of benzene rings is 3. The molecule has 0 radical (unpaired) electrons. The summed E-state index contributed by atoms with van der Waals surface area (Å²) in [7, 11) is 1.76. The molecule has 0 bridgehead atoms. The number of allylic oxidation sites excluding steroid dienone is 1. The maximum Gasteiger partial charge on any atom is 0.254 e. The number of carbonyl (C=O) groups excluding carboxylic acids is 1. The van der Waals surface area contributed by atoms with Gasteiger partial charge in [0.05, 0.1) is 18.2 Å². The molecule has 0 spiro atoms. The number of aliphatic hydroxyl groups excluding tert-OH is 2. The number of aliphatic hydroxyl groups is 2. The smallest absolute Gasteiger partial charge is 0.254 e. The minimum absolute atomic E-state index is 0.0433. The molecule has 3 aromatic carbocycles. The van der Waals surface area contributed by atoms with Gasteiger partial charge in [-0.3, -0.25) is 4.79 Å². The van der Waals surface area contributed by atoms with E-state index < -0.39 is 17.7 Å². The SMILES string of the molecule is C=CCOC12Oc3ccc(OCc4ccccc4F)cc3C3C(CCCCO)C(CCCCO)C=C(C(=NOCC)CC1N(C)C(=O)c1ccc4c(c1)OCO4)C32. The predicted molar refractivity (Wildman–Crippen MR) is 212 cm³/mol. The molecule has 12 heteroatoms. The molecular formula is C45H53FN2O9. The van der Waals surface area contributed by atoms with E-state index in [1.165, 1.54) is 6.07 Å². The minimum Gasteiger partial charge on any atom is -0.489 e. The normalized spacial score (nSPS) is 24.8. The Bertz CT molecular complexity index is 1970. The van der Waals surface area contributed by atoms with Gasteiger partial charge in [0.1, 0.15) is 36.6 Å². The molecule has 1 fully saturated rings. The molecule has 2 aliphatic carbocycles. The van der Waals surface area contributed by atoms with Gasteiger partial charge in [0, 0.05) is 49.3 Å². The van der Waals surface area contributed by atoms with Crippen LogP contribution in [0.15, 0.2) is 90.1 Å². The van der Waals surface area contributed by atoms with Gasteiger partial charge in [0.15, 0.2) is 11.5 Å². The first kappa shape index (κ1) is 40.3. The van der Waals surface area contributed by atoms with E-state index in [2.05, 4.69) is 12.7 Å². The van der Waals surface area contributed by atoms with Crippen LogP contribution in [0.4, 0.5) is 4.39 Å². The zero-order chi connectivity index (χ0) is 39.9. The Balaban J connectivity index is 1.39. The van der Waals surface area contributed by atoms with Gasteiger partial charge in [-0.1, -0.05) is 48.3 Å². The molecule has 0 aromatic heterocycles. The van der Waals surface area contributed by atoms with Crippen LogP contribution in [0.1, 0.15) is 79.3 Å². The standard InChI is InChI=1S/C45H53FN2O9/c1-4-22-55-45-41(48(3)44(51)30-16-18-39-40(24-30)54-28-53-39)26-37(47-56-5-2)34-23-29(12-8-10-20-49)33(14-9-11-21-50)42(43(34)45)35-25-32(17-19-38(35)57-45)52-27-31-13-6-7-15-36(31)46/h4,6-7,13,15-19,23-25,29,33,41-43,49-50H,1,5,8-12,14,20-22,26-28H2,2-3H3. The zero-order valence-electron chi connectivity index (χ0n) is 32.7. The number of fused-ring (bicyclic) bond motifs is 3. The molecule has 1 saturated carbocycles. The summed E-state index contributed by atoms with van der Waals surface area (Å²) >= 11 is 0. The highest BCUT2D eigenvalue weighted by Gasteiger charge is 2.65. The summed E-state index contributed by atoms with van der Waals surface area (Å²) in [6, 6.07) is 16.7. The summed E-state index contributed by atoms with van der Waals surface area (Å²) in [5.41, 5.74) is 3.42. The third-order valence-corrected chi connectivity index (χ3v) is 11.7. The highest BCUT2D eigenvalue weighted by Crippen LogP contribution is 2.62. The van der Waals surface area contributed by atoms with Gasteiger partial charge >= 0.3 is 0 Å². The zero-order valence-corrected chi connectivity index (χ0v) is 32.7. The van der Waals surface area contributed by atoms with Crippen molar-refractivity contribution in [2.45, 2.75) is 76.2 Å². The Morgan fingerprint density at radius 3 is 2.56 bits per heavy atom. The first-order valence-electron chi connectivity index (χ1n) is 20.1. The monoisotopic (exact) mass is 784 g/mol. The number of amides is 1. The van der Waals surface area contributed by atoms with Crippen LogP contribution in [0.5, 0.6) is 23.0 Å². The number of halogens is 1. The van der Waals surface area contributed by atoms with Crippen LogP contribution < -0.4 is 18.9 Å². The van der Waals surface area contributed by atoms with E-state index in [-0.39, 0.29) is 69.1 Å². The van der Waals surface area contributed by atoms with E-state index in [0.717, 1.165) is 36.8 Å². The summed E-state index contributed by atoms with van der Waals surface area (Å²) in [4.78, 5) is 22.0. The lowest BCUT2D eigenvalue weighted by molar-refractivity contribution is -0.252. The van der Waals surface area contributed by atoms with Crippen molar-refractivity contribution in [3.05, 3.63) is 107 Å². The number of likely N-dealkylation sites (N-methyl/N-ethyl adjacent to an activating group) is 1. The summed E-state index contributed by atoms with van der Waals surface area (Å²) in [5.74, 6) is -0.332. The van der Waals surface area contributed by atoms with Crippen molar-refractivity contribution < 1.29 is 47.9 Å². The molecule has 2 aliphatic heterocycles. The van der Waals surface area contributed by atoms with Crippen LogP contribution in [0, 0.1) is 23.6 Å². The number of carbonyl (C=O) groups is 1. The van der Waals surface area contributed by atoms with E-state index in [1.807, 2.05) is 25.1 Å². The molecule has 2 heterocycles. The second kappa shape index (κ2) is 18.1. The summed E-state index contributed by atoms with van der Waals surface area (Å²) in [6.45, 7) is 6.68. The van der Waals surface area contributed by atoms with Crippen molar-refractivity contribution in [2.24, 2.45) is 22.9 Å².